The van der Waals surface area contributed by atoms with Crippen LogP contribution in [0.3, 0.4) is 0 Å². The molecule has 1 aliphatic heterocycles. The molecule has 0 saturated carbocycles. The van der Waals surface area contributed by atoms with Crippen LogP contribution in [0.15, 0.2) is 0 Å². The fourth-order valence-electron chi connectivity index (χ4n) is 1.31. The van der Waals surface area contributed by atoms with Crippen LogP contribution in [-0.2, 0) is 4.79 Å². The van der Waals surface area contributed by atoms with E-state index in [1.165, 1.54) is 17.3 Å². The summed E-state index contributed by atoms with van der Waals surface area (Å²) < 4.78 is 0. The molecule has 1 heterocycles. The largest absolute Gasteiger partial charge is 0.345 e. The summed E-state index contributed by atoms with van der Waals surface area (Å²) in [5.41, 5.74) is 0. The highest BCUT2D eigenvalue weighted by atomic mass is 32.2. The standard InChI is InChI=1S/C10H20N2OS2/c1-3-12(2)10(13)7-11-6-9-8-14-4-5-15-9/h9,11H,3-8H2,1-2H3. The molecule has 15 heavy (non-hydrogen) atoms. The number of nitrogens with zero attached hydrogens (tertiary/aromatic N) is 1. The zero-order valence-corrected chi connectivity index (χ0v) is 11.1. The number of rotatable bonds is 5. The van der Waals surface area contributed by atoms with E-state index in [1.54, 1.807) is 4.90 Å². The molecule has 1 N–H and O–H groups in total. The van der Waals surface area contributed by atoms with Gasteiger partial charge >= 0.3 is 0 Å². The third kappa shape index (κ3) is 5.13. The van der Waals surface area contributed by atoms with Gasteiger partial charge < -0.3 is 10.2 Å². The van der Waals surface area contributed by atoms with Gasteiger partial charge in [-0.05, 0) is 6.92 Å². The average molecular weight is 248 g/mol. The van der Waals surface area contributed by atoms with Gasteiger partial charge in [-0.2, -0.15) is 23.5 Å². The van der Waals surface area contributed by atoms with Crippen molar-refractivity contribution in [2.75, 3.05) is 43.9 Å². The first kappa shape index (κ1) is 13.2. The smallest absolute Gasteiger partial charge is 0.236 e. The van der Waals surface area contributed by atoms with Gasteiger partial charge in [0.05, 0.1) is 6.54 Å². The van der Waals surface area contributed by atoms with E-state index >= 15 is 0 Å². The van der Waals surface area contributed by atoms with Crippen molar-refractivity contribution >= 4 is 29.4 Å². The molecule has 3 nitrogen and oxygen atoms in total. The molecule has 1 aliphatic rings. The third-order valence-corrected chi connectivity index (χ3v) is 5.28. The Kier molecular flexibility index (Phi) is 6.52. The van der Waals surface area contributed by atoms with E-state index in [9.17, 15) is 4.79 Å². The van der Waals surface area contributed by atoms with E-state index in [0.29, 0.717) is 11.8 Å². The van der Waals surface area contributed by atoms with Crippen LogP contribution in [0.5, 0.6) is 0 Å². The predicted octanol–water partition coefficient (Wildman–Crippen LogP) is 0.903. The predicted molar refractivity (Wildman–Crippen MR) is 69.8 cm³/mol. The summed E-state index contributed by atoms with van der Waals surface area (Å²) in [4.78, 5) is 13.2. The lowest BCUT2D eigenvalue weighted by molar-refractivity contribution is -0.128. The molecule has 0 spiro atoms. The Hall–Kier alpha value is 0.130. The summed E-state index contributed by atoms with van der Waals surface area (Å²) in [6, 6.07) is 0. The summed E-state index contributed by atoms with van der Waals surface area (Å²) in [7, 11) is 1.84. The van der Waals surface area contributed by atoms with Crippen molar-refractivity contribution in [3.8, 4) is 0 Å². The number of hydrogen-bond acceptors (Lipinski definition) is 4. The average Bonchev–Trinajstić information content (AvgIpc) is 2.29. The summed E-state index contributed by atoms with van der Waals surface area (Å²) in [5, 5.41) is 3.93. The molecule has 1 atom stereocenters. The van der Waals surface area contributed by atoms with Gasteiger partial charge in [-0.3, -0.25) is 4.79 Å². The van der Waals surface area contributed by atoms with E-state index in [4.69, 9.17) is 0 Å². The third-order valence-electron chi connectivity index (χ3n) is 2.43. The van der Waals surface area contributed by atoms with Crippen molar-refractivity contribution in [1.82, 2.24) is 10.2 Å². The zero-order valence-electron chi connectivity index (χ0n) is 9.49. The van der Waals surface area contributed by atoms with Crippen LogP contribution in [0.25, 0.3) is 0 Å². The number of hydrogen-bond donors (Lipinski definition) is 1. The van der Waals surface area contributed by atoms with E-state index < -0.39 is 0 Å². The molecule has 1 amide bonds. The number of thioether (sulfide) groups is 2. The molecule has 5 heteroatoms. The summed E-state index contributed by atoms with van der Waals surface area (Å²) in [6.45, 7) is 4.22. The molecule has 0 aromatic heterocycles. The topological polar surface area (TPSA) is 32.3 Å². The van der Waals surface area contributed by atoms with E-state index in [2.05, 4.69) is 5.32 Å². The molecule has 0 aromatic rings. The highest BCUT2D eigenvalue weighted by Gasteiger charge is 2.14. The Balaban J connectivity index is 2.07. The molecule has 0 radical (unpaired) electrons. The van der Waals surface area contributed by atoms with Crippen molar-refractivity contribution in [3.05, 3.63) is 0 Å². The Morgan fingerprint density at radius 3 is 2.93 bits per heavy atom. The molecule has 1 rings (SSSR count). The van der Waals surface area contributed by atoms with E-state index in [-0.39, 0.29) is 5.91 Å². The van der Waals surface area contributed by atoms with Crippen molar-refractivity contribution < 1.29 is 4.79 Å². The first-order chi connectivity index (χ1) is 7.24. The molecule has 1 fully saturated rings. The summed E-state index contributed by atoms with van der Waals surface area (Å²) >= 11 is 4.04. The fraction of sp³-hybridized carbons (Fsp3) is 0.900. The van der Waals surface area contributed by atoms with Crippen LogP contribution >= 0.6 is 23.5 Å². The van der Waals surface area contributed by atoms with Gasteiger partial charge in [0.25, 0.3) is 0 Å². The molecule has 1 unspecified atom stereocenters. The first-order valence-corrected chi connectivity index (χ1v) is 7.58. The molecule has 1 saturated heterocycles. The van der Waals surface area contributed by atoms with Gasteiger partial charge in [-0.15, -0.1) is 0 Å². The number of carbonyl (C=O) groups excluding carboxylic acids is 1. The number of carbonyl (C=O) groups is 1. The minimum atomic E-state index is 0.186. The van der Waals surface area contributed by atoms with Crippen LogP contribution < -0.4 is 5.32 Å². The van der Waals surface area contributed by atoms with E-state index in [1.807, 2.05) is 37.5 Å². The second kappa shape index (κ2) is 7.41. The zero-order chi connectivity index (χ0) is 11.1. The minimum absolute atomic E-state index is 0.186. The van der Waals surface area contributed by atoms with Crippen molar-refractivity contribution in [2.45, 2.75) is 12.2 Å². The first-order valence-electron chi connectivity index (χ1n) is 5.38. The maximum Gasteiger partial charge on any atom is 0.236 e. The minimum Gasteiger partial charge on any atom is -0.345 e. The fourth-order valence-corrected chi connectivity index (χ4v) is 3.95. The maximum atomic E-state index is 11.5. The monoisotopic (exact) mass is 248 g/mol. The van der Waals surface area contributed by atoms with Gasteiger partial charge in [-0.1, -0.05) is 0 Å². The summed E-state index contributed by atoms with van der Waals surface area (Å²) in [5.74, 6) is 3.93. The van der Waals surface area contributed by atoms with Crippen LogP contribution in [0.4, 0.5) is 0 Å². The normalized spacial score (nSPS) is 21.3. The highest BCUT2D eigenvalue weighted by Crippen LogP contribution is 2.23. The maximum absolute atomic E-state index is 11.5. The van der Waals surface area contributed by atoms with Crippen molar-refractivity contribution in [1.29, 1.82) is 0 Å². The molecule has 0 aromatic carbocycles. The van der Waals surface area contributed by atoms with Crippen LogP contribution in [-0.4, -0.2) is 60.0 Å². The Labute approximate surface area is 101 Å². The lowest BCUT2D eigenvalue weighted by Crippen LogP contribution is -2.38. The van der Waals surface area contributed by atoms with Crippen LogP contribution in [0, 0.1) is 0 Å². The highest BCUT2D eigenvalue weighted by molar-refractivity contribution is 8.06. The van der Waals surface area contributed by atoms with Gasteiger partial charge in [0.15, 0.2) is 0 Å². The van der Waals surface area contributed by atoms with Crippen molar-refractivity contribution in [2.24, 2.45) is 0 Å². The van der Waals surface area contributed by atoms with Crippen LogP contribution in [0.1, 0.15) is 6.92 Å². The Bertz CT molecular complexity index is 196. The second-order valence-corrected chi connectivity index (χ2v) is 6.16. The van der Waals surface area contributed by atoms with Crippen molar-refractivity contribution in [3.63, 3.8) is 0 Å². The van der Waals surface area contributed by atoms with Crippen LogP contribution in [0.2, 0.25) is 0 Å². The lowest BCUT2D eigenvalue weighted by atomic mass is 10.4. The quantitative estimate of drug-likeness (QED) is 0.784. The van der Waals surface area contributed by atoms with Gasteiger partial charge in [0, 0.05) is 42.6 Å². The Morgan fingerprint density at radius 2 is 2.33 bits per heavy atom. The lowest BCUT2D eigenvalue weighted by Gasteiger charge is -2.21. The van der Waals surface area contributed by atoms with Gasteiger partial charge in [0.1, 0.15) is 0 Å². The molecule has 0 bridgehead atoms. The Morgan fingerprint density at radius 1 is 1.53 bits per heavy atom. The number of amides is 1. The molecule has 0 aliphatic carbocycles. The second-order valence-electron chi connectivity index (χ2n) is 3.61. The summed E-state index contributed by atoms with van der Waals surface area (Å²) in [6.07, 6.45) is 0. The van der Waals surface area contributed by atoms with Gasteiger partial charge in [0.2, 0.25) is 5.91 Å². The molecular formula is C10H20N2OS2. The number of likely N-dealkylation sites (N-methyl/N-ethyl adjacent to an activating group) is 1. The van der Waals surface area contributed by atoms with Gasteiger partial charge in [-0.25, -0.2) is 0 Å². The van der Waals surface area contributed by atoms with E-state index in [0.717, 1.165) is 13.1 Å². The molecular weight excluding hydrogens is 228 g/mol. The molecule has 88 valence electrons. The number of nitrogens with one attached hydrogen (secondary N) is 1. The SMILES string of the molecule is CCN(C)C(=O)CNCC1CSCCS1.